The van der Waals surface area contributed by atoms with E-state index in [1.54, 1.807) is 18.3 Å². The standard InChI is InChI=1S/C13H16BrFN4O2/c14-11-7-10(1-2-12(11)15)18-8-13(19(20)21-18)17-9-3-5-16-6-4-9/h1-2,7-9,16-17,20H,3-6H2. The minimum atomic E-state index is -0.351. The summed E-state index contributed by atoms with van der Waals surface area (Å²) >= 11 is 3.13. The molecule has 0 atom stereocenters. The number of benzene rings is 1. The predicted molar refractivity (Wildman–Crippen MR) is 78.4 cm³/mol. The van der Waals surface area contributed by atoms with E-state index in [4.69, 9.17) is 4.94 Å². The first kappa shape index (κ1) is 14.6. The maximum atomic E-state index is 13.2. The van der Waals surface area contributed by atoms with Crippen molar-refractivity contribution in [3.8, 4) is 0 Å². The summed E-state index contributed by atoms with van der Waals surface area (Å²) in [5, 5.41) is 18.4. The summed E-state index contributed by atoms with van der Waals surface area (Å²) in [6.45, 7) is 1.90. The Morgan fingerprint density at radius 3 is 2.86 bits per heavy atom. The molecule has 2 heterocycles. The maximum absolute atomic E-state index is 13.2. The molecule has 114 valence electrons. The largest absolute Gasteiger partial charge is 0.364 e. The van der Waals surface area contributed by atoms with Gasteiger partial charge in [-0.15, -0.1) is 4.94 Å². The molecule has 0 unspecified atom stereocenters. The molecule has 0 aliphatic carbocycles. The number of hydroxylamine groups is 3. The van der Waals surface area contributed by atoms with Gasteiger partial charge < -0.3 is 10.6 Å². The van der Waals surface area contributed by atoms with E-state index in [9.17, 15) is 9.60 Å². The number of nitrogens with one attached hydrogen (secondary N) is 2. The molecule has 1 saturated heterocycles. The molecule has 0 radical (unpaired) electrons. The summed E-state index contributed by atoms with van der Waals surface area (Å²) < 4.78 is 13.6. The van der Waals surface area contributed by atoms with Crippen LogP contribution in [0, 0.1) is 5.82 Å². The first-order valence-corrected chi connectivity index (χ1v) is 7.53. The van der Waals surface area contributed by atoms with E-state index in [0.29, 0.717) is 21.2 Å². The van der Waals surface area contributed by atoms with Crippen LogP contribution in [-0.4, -0.2) is 29.6 Å². The van der Waals surface area contributed by atoms with Gasteiger partial charge in [-0.3, -0.25) is 5.21 Å². The Morgan fingerprint density at radius 2 is 2.14 bits per heavy atom. The third-order valence-electron chi connectivity index (χ3n) is 3.46. The summed E-state index contributed by atoms with van der Waals surface area (Å²) in [4.78, 5) is 5.20. The molecule has 0 amide bonds. The number of nitrogens with zero attached hydrogens (tertiary/aromatic N) is 2. The highest BCUT2D eigenvalue weighted by atomic mass is 79.9. The normalized spacial score (nSPS) is 19.9. The SMILES string of the molecule is ON1ON(c2ccc(F)c(Br)c2)C=C1NC1CCNCC1. The van der Waals surface area contributed by atoms with Crippen LogP contribution in [0.3, 0.4) is 0 Å². The van der Waals surface area contributed by atoms with E-state index in [-0.39, 0.29) is 11.9 Å². The number of anilines is 1. The fraction of sp³-hybridized carbons (Fsp3) is 0.385. The number of piperidine rings is 1. The van der Waals surface area contributed by atoms with Crippen molar-refractivity contribution in [2.45, 2.75) is 18.9 Å². The Morgan fingerprint density at radius 1 is 1.38 bits per heavy atom. The Balaban J connectivity index is 1.71. The lowest BCUT2D eigenvalue weighted by atomic mass is 10.1. The van der Waals surface area contributed by atoms with Crippen molar-refractivity contribution in [1.29, 1.82) is 0 Å². The van der Waals surface area contributed by atoms with Crippen LogP contribution in [0.5, 0.6) is 0 Å². The average molecular weight is 359 g/mol. The second-order valence-electron chi connectivity index (χ2n) is 4.96. The lowest BCUT2D eigenvalue weighted by Crippen LogP contribution is -2.41. The number of halogens is 2. The van der Waals surface area contributed by atoms with Crippen molar-refractivity contribution < 1.29 is 14.5 Å². The molecule has 1 aromatic carbocycles. The number of hydrogen-bond donors (Lipinski definition) is 3. The fourth-order valence-electron chi connectivity index (χ4n) is 2.32. The lowest BCUT2D eigenvalue weighted by molar-refractivity contribution is -0.306. The topological polar surface area (TPSA) is 60.0 Å². The van der Waals surface area contributed by atoms with E-state index in [2.05, 4.69) is 26.6 Å². The minimum Gasteiger partial charge on any atom is -0.364 e. The molecule has 8 heteroatoms. The molecule has 2 aliphatic rings. The molecule has 1 aromatic rings. The molecule has 21 heavy (non-hydrogen) atoms. The summed E-state index contributed by atoms with van der Waals surface area (Å²) in [7, 11) is 0. The van der Waals surface area contributed by atoms with Gasteiger partial charge >= 0.3 is 0 Å². The van der Waals surface area contributed by atoms with Crippen LogP contribution in [0.2, 0.25) is 0 Å². The molecule has 3 rings (SSSR count). The highest BCUT2D eigenvalue weighted by Crippen LogP contribution is 2.27. The molecular formula is C13H16BrFN4O2. The van der Waals surface area contributed by atoms with Crippen molar-refractivity contribution in [2.24, 2.45) is 0 Å². The summed E-state index contributed by atoms with van der Waals surface area (Å²) in [5.41, 5.74) is 0.601. The molecule has 3 N–H and O–H groups in total. The number of hydrogen-bond acceptors (Lipinski definition) is 6. The van der Waals surface area contributed by atoms with Crippen LogP contribution in [0.1, 0.15) is 12.8 Å². The Hall–Kier alpha value is -1.35. The Labute approximate surface area is 130 Å². The molecule has 0 aromatic heterocycles. The third kappa shape index (κ3) is 3.29. The smallest absolute Gasteiger partial charge is 0.179 e. The third-order valence-corrected chi connectivity index (χ3v) is 4.07. The summed E-state index contributed by atoms with van der Waals surface area (Å²) in [5.74, 6) is 0.109. The molecule has 0 saturated carbocycles. The highest BCUT2D eigenvalue weighted by molar-refractivity contribution is 9.10. The van der Waals surface area contributed by atoms with Gasteiger partial charge in [-0.05, 0) is 60.1 Å². The summed E-state index contributed by atoms with van der Waals surface area (Å²) in [6.07, 6.45) is 3.59. The van der Waals surface area contributed by atoms with E-state index in [0.717, 1.165) is 25.9 Å². The van der Waals surface area contributed by atoms with Gasteiger partial charge in [0.2, 0.25) is 0 Å². The second-order valence-corrected chi connectivity index (χ2v) is 5.82. The molecule has 0 spiro atoms. The number of rotatable bonds is 3. The highest BCUT2D eigenvalue weighted by Gasteiger charge is 2.25. The zero-order valence-corrected chi connectivity index (χ0v) is 12.8. The van der Waals surface area contributed by atoms with Gasteiger partial charge in [0, 0.05) is 6.04 Å². The molecule has 2 aliphatic heterocycles. The first-order chi connectivity index (χ1) is 10.1. The fourth-order valence-corrected chi connectivity index (χ4v) is 2.69. The van der Waals surface area contributed by atoms with Crippen molar-refractivity contribution in [1.82, 2.24) is 15.9 Å². The molecule has 6 nitrogen and oxygen atoms in total. The molecule has 1 fully saturated rings. The molecule has 0 bridgehead atoms. The van der Waals surface area contributed by atoms with Crippen LogP contribution in [0.15, 0.2) is 34.7 Å². The van der Waals surface area contributed by atoms with Crippen molar-refractivity contribution >= 4 is 21.6 Å². The van der Waals surface area contributed by atoms with E-state index < -0.39 is 0 Å². The summed E-state index contributed by atoms with van der Waals surface area (Å²) in [6, 6.07) is 4.76. The average Bonchev–Trinajstić information content (AvgIpc) is 2.84. The van der Waals surface area contributed by atoms with Crippen LogP contribution < -0.4 is 15.7 Å². The molecular weight excluding hydrogens is 343 g/mol. The predicted octanol–water partition coefficient (Wildman–Crippen LogP) is 2.09. The van der Waals surface area contributed by atoms with Gasteiger partial charge in [0.25, 0.3) is 0 Å². The van der Waals surface area contributed by atoms with Gasteiger partial charge in [0.1, 0.15) is 5.82 Å². The Bertz CT molecular complexity index is 551. The zero-order chi connectivity index (χ0) is 14.8. The van der Waals surface area contributed by atoms with Crippen molar-refractivity contribution in [3.05, 3.63) is 40.5 Å². The van der Waals surface area contributed by atoms with Crippen molar-refractivity contribution in [3.63, 3.8) is 0 Å². The Kier molecular flexibility index (Phi) is 4.29. The first-order valence-electron chi connectivity index (χ1n) is 6.74. The van der Waals surface area contributed by atoms with Crippen LogP contribution in [0.4, 0.5) is 10.1 Å². The quantitative estimate of drug-likeness (QED) is 0.769. The lowest BCUT2D eigenvalue weighted by Gasteiger charge is -2.25. The monoisotopic (exact) mass is 358 g/mol. The van der Waals surface area contributed by atoms with E-state index in [1.807, 2.05) is 0 Å². The van der Waals surface area contributed by atoms with Crippen LogP contribution in [0.25, 0.3) is 0 Å². The van der Waals surface area contributed by atoms with Gasteiger partial charge in [-0.25, -0.2) is 4.39 Å². The van der Waals surface area contributed by atoms with Crippen LogP contribution >= 0.6 is 15.9 Å². The van der Waals surface area contributed by atoms with Gasteiger partial charge in [-0.2, -0.15) is 5.06 Å². The van der Waals surface area contributed by atoms with Gasteiger partial charge in [0.05, 0.1) is 16.4 Å². The van der Waals surface area contributed by atoms with Gasteiger partial charge in [-0.1, -0.05) is 5.23 Å². The van der Waals surface area contributed by atoms with Crippen LogP contribution in [-0.2, 0) is 4.94 Å². The van der Waals surface area contributed by atoms with Gasteiger partial charge in [0.15, 0.2) is 5.82 Å². The second kappa shape index (κ2) is 6.18. The van der Waals surface area contributed by atoms with E-state index in [1.165, 1.54) is 11.1 Å². The maximum Gasteiger partial charge on any atom is 0.179 e. The van der Waals surface area contributed by atoms with Crippen molar-refractivity contribution in [2.75, 3.05) is 18.2 Å². The van der Waals surface area contributed by atoms with E-state index >= 15 is 0 Å². The zero-order valence-electron chi connectivity index (χ0n) is 11.2. The minimum absolute atomic E-state index is 0.288.